The molecule has 1 heterocycles. The molecule has 1 aliphatic rings. The van der Waals surface area contributed by atoms with Gasteiger partial charge < -0.3 is 14.8 Å². The van der Waals surface area contributed by atoms with E-state index in [4.69, 9.17) is 14.5 Å². The SMILES string of the molecule is CCOc1ccc(NC(=O)C(C)OC(=O)c2c3c(nc4ccccc24)CCC3)cc1. The Hall–Kier alpha value is -3.41. The molecule has 4 rings (SSSR count). The van der Waals surface area contributed by atoms with Gasteiger partial charge in [-0.25, -0.2) is 4.79 Å². The molecular formula is C24H24N2O4. The Bertz CT molecular complexity index is 1090. The van der Waals surface area contributed by atoms with Crippen LogP contribution in [0, 0.1) is 0 Å². The van der Waals surface area contributed by atoms with E-state index in [1.54, 1.807) is 31.2 Å². The topological polar surface area (TPSA) is 77.5 Å². The predicted octanol–water partition coefficient (Wildman–Crippen LogP) is 4.31. The number of para-hydroxylation sites is 1. The molecule has 0 bridgehead atoms. The van der Waals surface area contributed by atoms with Crippen LogP contribution in [0.5, 0.6) is 5.75 Å². The van der Waals surface area contributed by atoms with Gasteiger partial charge >= 0.3 is 5.97 Å². The maximum atomic E-state index is 13.1. The highest BCUT2D eigenvalue weighted by Crippen LogP contribution is 2.30. The first-order valence-corrected chi connectivity index (χ1v) is 10.2. The number of carbonyl (C=O) groups excluding carboxylic acids is 2. The second kappa shape index (κ2) is 8.53. The number of hydrogen-bond donors (Lipinski definition) is 1. The molecule has 0 spiro atoms. The summed E-state index contributed by atoms with van der Waals surface area (Å²) in [5.74, 6) is -0.142. The number of benzene rings is 2. The summed E-state index contributed by atoms with van der Waals surface area (Å²) in [6, 6.07) is 14.6. The second-order valence-corrected chi connectivity index (χ2v) is 7.28. The zero-order valence-corrected chi connectivity index (χ0v) is 17.1. The van der Waals surface area contributed by atoms with Gasteiger partial charge in [0.1, 0.15) is 5.75 Å². The molecule has 1 aliphatic carbocycles. The normalized spacial score (nSPS) is 13.5. The molecule has 1 amide bonds. The molecule has 0 saturated heterocycles. The number of hydrogen-bond acceptors (Lipinski definition) is 5. The number of esters is 1. The van der Waals surface area contributed by atoms with E-state index < -0.39 is 12.1 Å². The monoisotopic (exact) mass is 404 g/mol. The molecule has 2 aromatic carbocycles. The average Bonchev–Trinajstić information content (AvgIpc) is 3.21. The van der Waals surface area contributed by atoms with Crippen LogP contribution < -0.4 is 10.1 Å². The van der Waals surface area contributed by atoms with E-state index in [9.17, 15) is 9.59 Å². The van der Waals surface area contributed by atoms with E-state index in [0.717, 1.165) is 47.2 Å². The standard InChI is InChI=1S/C24H24N2O4/c1-3-29-17-13-11-16(12-14-17)25-23(27)15(2)30-24(28)22-18-7-4-5-9-20(18)26-21-10-6-8-19(21)22/h4-5,7,9,11-15H,3,6,8,10H2,1-2H3,(H,25,27). The first-order valence-electron chi connectivity index (χ1n) is 10.2. The molecule has 1 N–H and O–H groups in total. The Kier molecular flexibility index (Phi) is 5.65. The van der Waals surface area contributed by atoms with Crippen molar-refractivity contribution in [3.8, 4) is 5.75 Å². The number of fused-ring (bicyclic) bond motifs is 2. The van der Waals surface area contributed by atoms with Crippen LogP contribution >= 0.6 is 0 Å². The zero-order valence-electron chi connectivity index (χ0n) is 17.1. The summed E-state index contributed by atoms with van der Waals surface area (Å²) in [6.45, 7) is 4.06. The van der Waals surface area contributed by atoms with E-state index in [2.05, 4.69) is 5.32 Å². The van der Waals surface area contributed by atoms with Crippen LogP contribution in [-0.4, -0.2) is 29.6 Å². The van der Waals surface area contributed by atoms with Crippen LogP contribution in [-0.2, 0) is 22.4 Å². The molecule has 154 valence electrons. The lowest BCUT2D eigenvalue weighted by Gasteiger charge is -2.16. The number of aromatic nitrogens is 1. The molecule has 30 heavy (non-hydrogen) atoms. The van der Waals surface area contributed by atoms with Crippen LogP contribution in [0.25, 0.3) is 10.9 Å². The van der Waals surface area contributed by atoms with E-state index in [-0.39, 0.29) is 5.91 Å². The number of carbonyl (C=O) groups is 2. The summed E-state index contributed by atoms with van der Waals surface area (Å²) >= 11 is 0. The van der Waals surface area contributed by atoms with E-state index in [1.165, 1.54) is 0 Å². The molecule has 0 aliphatic heterocycles. The van der Waals surface area contributed by atoms with Gasteiger partial charge in [0, 0.05) is 16.8 Å². The van der Waals surface area contributed by atoms with Crippen molar-refractivity contribution in [2.45, 2.75) is 39.2 Å². The third-order valence-corrected chi connectivity index (χ3v) is 5.21. The van der Waals surface area contributed by atoms with Crippen molar-refractivity contribution in [2.24, 2.45) is 0 Å². The minimum Gasteiger partial charge on any atom is -0.494 e. The van der Waals surface area contributed by atoms with Gasteiger partial charge in [-0.3, -0.25) is 9.78 Å². The number of amides is 1. The van der Waals surface area contributed by atoms with Gasteiger partial charge in [0.05, 0.1) is 17.7 Å². The number of pyridine rings is 1. The summed E-state index contributed by atoms with van der Waals surface area (Å²) in [5, 5.41) is 3.54. The van der Waals surface area contributed by atoms with Gasteiger partial charge in [0.25, 0.3) is 5.91 Å². The van der Waals surface area contributed by atoms with Gasteiger partial charge in [-0.05, 0) is 69.0 Å². The molecule has 1 atom stereocenters. The number of ether oxygens (including phenoxy) is 2. The fourth-order valence-electron chi connectivity index (χ4n) is 3.76. The lowest BCUT2D eigenvalue weighted by atomic mass is 10.0. The second-order valence-electron chi connectivity index (χ2n) is 7.28. The van der Waals surface area contributed by atoms with Crippen LogP contribution in [0.3, 0.4) is 0 Å². The minimum absolute atomic E-state index is 0.387. The first-order chi connectivity index (χ1) is 14.6. The van der Waals surface area contributed by atoms with Crippen molar-refractivity contribution in [1.29, 1.82) is 0 Å². The molecule has 3 aromatic rings. The highest BCUT2D eigenvalue weighted by atomic mass is 16.5. The summed E-state index contributed by atoms with van der Waals surface area (Å²) < 4.78 is 11.0. The Morgan fingerprint density at radius 1 is 1.10 bits per heavy atom. The molecule has 0 fully saturated rings. The van der Waals surface area contributed by atoms with Gasteiger partial charge in [-0.2, -0.15) is 0 Å². The molecule has 1 aromatic heterocycles. The maximum absolute atomic E-state index is 13.1. The smallest absolute Gasteiger partial charge is 0.339 e. The predicted molar refractivity (Wildman–Crippen MR) is 115 cm³/mol. The fourth-order valence-corrected chi connectivity index (χ4v) is 3.76. The summed E-state index contributed by atoms with van der Waals surface area (Å²) in [7, 11) is 0. The van der Waals surface area contributed by atoms with Gasteiger partial charge in [-0.15, -0.1) is 0 Å². The largest absolute Gasteiger partial charge is 0.494 e. The lowest BCUT2D eigenvalue weighted by molar-refractivity contribution is -0.123. The molecular weight excluding hydrogens is 380 g/mol. The third-order valence-electron chi connectivity index (χ3n) is 5.21. The Morgan fingerprint density at radius 3 is 2.63 bits per heavy atom. The van der Waals surface area contributed by atoms with Gasteiger partial charge in [0.2, 0.25) is 0 Å². The molecule has 1 unspecified atom stereocenters. The summed E-state index contributed by atoms with van der Waals surface area (Å²) in [5.41, 5.74) is 3.82. The Balaban J connectivity index is 1.50. The molecule has 6 heteroatoms. The summed E-state index contributed by atoms with van der Waals surface area (Å²) in [4.78, 5) is 30.3. The highest BCUT2D eigenvalue weighted by Gasteiger charge is 2.27. The number of nitrogens with zero attached hydrogens (tertiary/aromatic N) is 1. The molecule has 0 saturated carbocycles. The van der Waals surface area contributed by atoms with E-state index in [0.29, 0.717) is 17.9 Å². The molecule has 6 nitrogen and oxygen atoms in total. The fraction of sp³-hybridized carbons (Fsp3) is 0.292. The molecule has 0 radical (unpaired) electrons. The van der Waals surface area contributed by atoms with E-state index in [1.807, 2.05) is 31.2 Å². The van der Waals surface area contributed by atoms with Crippen LogP contribution in [0.4, 0.5) is 5.69 Å². The van der Waals surface area contributed by atoms with Crippen molar-refractivity contribution >= 4 is 28.5 Å². The van der Waals surface area contributed by atoms with E-state index >= 15 is 0 Å². The third kappa shape index (κ3) is 3.99. The maximum Gasteiger partial charge on any atom is 0.339 e. The van der Waals surface area contributed by atoms with Crippen molar-refractivity contribution < 1.29 is 19.1 Å². The quantitative estimate of drug-likeness (QED) is 0.620. The first kappa shape index (κ1) is 19.9. The van der Waals surface area contributed by atoms with Crippen LogP contribution in [0.15, 0.2) is 48.5 Å². The Morgan fingerprint density at radius 2 is 1.87 bits per heavy atom. The number of nitrogens with one attached hydrogen (secondary N) is 1. The zero-order chi connectivity index (χ0) is 21.1. The average molecular weight is 404 g/mol. The number of rotatable bonds is 6. The van der Waals surface area contributed by atoms with Gasteiger partial charge in [0.15, 0.2) is 6.10 Å². The van der Waals surface area contributed by atoms with Crippen molar-refractivity contribution in [2.75, 3.05) is 11.9 Å². The lowest BCUT2D eigenvalue weighted by Crippen LogP contribution is -2.30. The minimum atomic E-state index is -0.937. The van der Waals surface area contributed by atoms with Crippen LogP contribution in [0.1, 0.15) is 41.9 Å². The van der Waals surface area contributed by atoms with Crippen molar-refractivity contribution in [3.63, 3.8) is 0 Å². The van der Waals surface area contributed by atoms with Gasteiger partial charge in [-0.1, -0.05) is 18.2 Å². The van der Waals surface area contributed by atoms with Crippen molar-refractivity contribution in [1.82, 2.24) is 4.98 Å². The van der Waals surface area contributed by atoms with Crippen LogP contribution in [0.2, 0.25) is 0 Å². The van der Waals surface area contributed by atoms with Crippen molar-refractivity contribution in [3.05, 3.63) is 65.4 Å². The number of aryl methyl sites for hydroxylation is 1. The number of anilines is 1. The summed E-state index contributed by atoms with van der Waals surface area (Å²) in [6.07, 6.45) is 1.68. The highest BCUT2D eigenvalue weighted by molar-refractivity contribution is 6.06. The Labute approximate surface area is 175 Å².